The van der Waals surface area contributed by atoms with Crippen molar-refractivity contribution in [2.45, 2.75) is 33.1 Å². The van der Waals surface area contributed by atoms with E-state index in [1.807, 2.05) is 12.1 Å². The largest absolute Gasteiger partial charge is 0.507 e. The SMILES string of the molecule is CCCCc1ccccc1/C(O)=C(\C)C(=O)O. The zero-order chi connectivity index (χ0) is 12.8. The molecule has 0 amide bonds. The number of carboxylic acids is 1. The Kier molecular flexibility index (Phi) is 4.76. The first-order valence-electron chi connectivity index (χ1n) is 5.79. The highest BCUT2D eigenvalue weighted by Crippen LogP contribution is 2.21. The number of rotatable bonds is 5. The van der Waals surface area contributed by atoms with Gasteiger partial charge in [-0.3, -0.25) is 0 Å². The minimum atomic E-state index is -1.09. The van der Waals surface area contributed by atoms with Gasteiger partial charge in [-0.25, -0.2) is 4.79 Å². The van der Waals surface area contributed by atoms with Gasteiger partial charge in [0.05, 0.1) is 5.57 Å². The quantitative estimate of drug-likeness (QED) is 0.606. The molecule has 0 heterocycles. The Balaban J connectivity index is 3.13. The van der Waals surface area contributed by atoms with Crippen LogP contribution in [0.1, 0.15) is 37.8 Å². The van der Waals surface area contributed by atoms with Crippen molar-refractivity contribution in [1.29, 1.82) is 0 Å². The summed E-state index contributed by atoms with van der Waals surface area (Å²) in [5, 5.41) is 18.8. The van der Waals surface area contributed by atoms with Gasteiger partial charge in [-0.1, -0.05) is 37.6 Å². The Hall–Kier alpha value is -1.77. The average Bonchev–Trinajstić information content (AvgIpc) is 2.34. The third-order valence-corrected chi connectivity index (χ3v) is 2.75. The minimum absolute atomic E-state index is 0.0195. The summed E-state index contributed by atoms with van der Waals surface area (Å²) in [4.78, 5) is 10.8. The minimum Gasteiger partial charge on any atom is -0.507 e. The molecule has 0 aliphatic rings. The van der Waals surface area contributed by atoms with Gasteiger partial charge in [-0.15, -0.1) is 0 Å². The summed E-state index contributed by atoms with van der Waals surface area (Å²) in [6.07, 6.45) is 2.94. The van der Waals surface area contributed by atoms with Gasteiger partial charge in [0.2, 0.25) is 0 Å². The molecule has 0 radical (unpaired) electrons. The number of unbranched alkanes of at least 4 members (excludes halogenated alkanes) is 1. The number of hydrogen-bond acceptors (Lipinski definition) is 2. The fourth-order valence-electron chi connectivity index (χ4n) is 1.64. The summed E-state index contributed by atoms with van der Waals surface area (Å²) in [6.45, 7) is 3.51. The number of aliphatic hydroxyl groups excluding tert-OH is 1. The Labute approximate surface area is 101 Å². The molecule has 1 aromatic rings. The van der Waals surface area contributed by atoms with Gasteiger partial charge < -0.3 is 10.2 Å². The van der Waals surface area contributed by atoms with Crippen molar-refractivity contribution in [3.05, 3.63) is 41.0 Å². The van der Waals surface area contributed by atoms with Crippen molar-refractivity contribution in [2.24, 2.45) is 0 Å². The van der Waals surface area contributed by atoms with Gasteiger partial charge in [0.1, 0.15) is 5.76 Å². The molecular weight excluding hydrogens is 216 g/mol. The van der Waals surface area contributed by atoms with Crippen LogP contribution in [0.3, 0.4) is 0 Å². The second kappa shape index (κ2) is 6.09. The number of aliphatic hydroxyl groups is 1. The fraction of sp³-hybridized carbons (Fsp3) is 0.357. The van der Waals surface area contributed by atoms with Crippen LogP contribution in [0.15, 0.2) is 29.8 Å². The third kappa shape index (κ3) is 3.34. The topological polar surface area (TPSA) is 57.5 Å². The van der Waals surface area contributed by atoms with Crippen LogP contribution < -0.4 is 0 Å². The number of carboxylic acid groups (broad SMARTS) is 1. The summed E-state index contributed by atoms with van der Waals surface area (Å²) in [6, 6.07) is 7.39. The van der Waals surface area contributed by atoms with Crippen LogP contribution in [-0.2, 0) is 11.2 Å². The van der Waals surface area contributed by atoms with Gasteiger partial charge in [0.25, 0.3) is 0 Å². The van der Waals surface area contributed by atoms with Crippen LogP contribution in [0.25, 0.3) is 5.76 Å². The number of aliphatic carboxylic acids is 1. The van der Waals surface area contributed by atoms with E-state index in [0.717, 1.165) is 24.8 Å². The Morgan fingerprint density at radius 3 is 2.47 bits per heavy atom. The molecule has 1 rings (SSSR count). The molecule has 1 aromatic carbocycles. The predicted molar refractivity (Wildman–Crippen MR) is 67.9 cm³/mol. The van der Waals surface area contributed by atoms with E-state index in [1.54, 1.807) is 12.1 Å². The monoisotopic (exact) mass is 234 g/mol. The molecule has 0 saturated heterocycles. The standard InChI is InChI=1S/C14H18O3/c1-3-4-7-11-8-5-6-9-12(11)13(15)10(2)14(16)17/h5-6,8-9,15H,3-4,7H2,1-2H3,(H,16,17)/b13-10-. The lowest BCUT2D eigenvalue weighted by atomic mass is 9.99. The zero-order valence-electron chi connectivity index (χ0n) is 10.2. The highest BCUT2D eigenvalue weighted by Gasteiger charge is 2.13. The molecule has 3 heteroatoms. The van der Waals surface area contributed by atoms with E-state index in [4.69, 9.17) is 5.11 Å². The van der Waals surface area contributed by atoms with Crippen LogP contribution >= 0.6 is 0 Å². The lowest BCUT2D eigenvalue weighted by Crippen LogP contribution is -2.02. The number of benzene rings is 1. The summed E-state index contributed by atoms with van der Waals surface area (Å²) in [5.41, 5.74) is 1.60. The van der Waals surface area contributed by atoms with Crippen LogP contribution in [0.5, 0.6) is 0 Å². The Morgan fingerprint density at radius 2 is 1.88 bits per heavy atom. The highest BCUT2D eigenvalue weighted by atomic mass is 16.4. The van der Waals surface area contributed by atoms with Crippen LogP contribution in [0, 0.1) is 0 Å². The van der Waals surface area contributed by atoms with Gasteiger partial charge in [0.15, 0.2) is 0 Å². The maximum absolute atomic E-state index is 10.8. The molecule has 0 fully saturated rings. The first kappa shape index (κ1) is 13.3. The number of hydrogen-bond donors (Lipinski definition) is 2. The van der Waals surface area contributed by atoms with Crippen LogP contribution in [-0.4, -0.2) is 16.2 Å². The van der Waals surface area contributed by atoms with Gasteiger partial charge in [-0.05, 0) is 25.3 Å². The number of aryl methyl sites for hydroxylation is 1. The van der Waals surface area contributed by atoms with E-state index in [1.165, 1.54) is 6.92 Å². The Bertz CT molecular complexity index is 433. The lowest BCUT2D eigenvalue weighted by molar-refractivity contribution is -0.132. The average molecular weight is 234 g/mol. The first-order chi connectivity index (χ1) is 8.07. The molecule has 0 aliphatic heterocycles. The van der Waals surface area contributed by atoms with Gasteiger partial charge in [0, 0.05) is 5.56 Å². The smallest absolute Gasteiger partial charge is 0.335 e. The van der Waals surface area contributed by atoms with Crippen molar-refractivity contribution in [1.82, 2.24) is 0 Å². The third-order valence-electron chi connectivity index (χ3n) is 2.75. The highest BCUT2D eigenvalue weighted by molar-refractivity contribution is 5.94. The van der Waals surface area contributed by atoms with E-state index < -0.39 is 5.97 Å². The van der Waals surface area contributed by atoms with Crippen LogP contribution in [0.4, 0.5) is 0 Å². The summed E-state index contributed by atoms with van der Waals surface area (Å²) >= 11 is 0. The molecule has 0 spiro atoms. The molecule has 0 aromatic heterocycles. The molecule has 0 atom stereocenters. The summed E-state index contributed by atoms with van der Waals surface area (Å²) < 4.78 is 0. The molecule has 2 N–H and O–H groups in total. The normalized spacial score (nSPS) is 12.1. The van der Waals surface area contributed by atoms with Gasteiger partial charge >= 0.3 is 5.97 Å². The number of carbonyl (C=O) groups is 1. The fourth-order valence-corrected chi connectivity index (χ4v) is 1.64. The van der Waals surface area contributed by atoms with E-state index >= 15 is 0 Å². The van der Waals surface area contributed by atoms with E-state index in [9.17, 15) is 9.90 Å². The molecule has 3 nitrogen and oxygen atoms in total. The molecule has 0 unspecified atom stereocenters. The maximum Gasteiger partial charge on any atom is 0.335 e. The van der Waals surface area contributed by atoms with E-state index in [2.05, 4.69) is 6.92 Å². The molecule has 0 bridgehead atoms. The lowest BCUT2D eigenvalue weighted by Gasteiger charge is -2.09. The first-order valence-corrected chi connectivity index (χ1v) is 5.79. The summed E-state index contributed by atoms with van der Waals surface area (Å²) in [7, 11) is 0. The Morgan fingerprint density at radius 1 is 1.24 bits per heavy atom. The molecular formula is C14H18O3. The molecule has 17 heavy (non-hydrogen) atoms. The molecule has 0 aliphatic carbocycles. The van der Waals surface area contributed by atoms with Crippen molar-refractivity contribution < 1.29 is 15.0 Å². The molecule has 92 valence electrons. The molecule has 0 saturated carbocycles. The van der Waals surface area contributed by atoms with Crippen molar-refractivity contribution in [3.8, 4) is 0 Å². The van der Waals surface area contributed by atoms with Crippen molar-refractivity contribution in [2.75, 3.05) is 0 Å². The van der Waals surface area contributed by atoms with E-state index in [0.29, 0.717) is 5.56 Å². The van der Waals surface area contributed by atoms with E-state index in [-0.39, 0.29) is 11.3 Å². The zero-order valence-corrected chi connectivity index (χ0v) is 10.2. The van der Waals surface area contributed by atoms with Gasteiger partial charge in [-0.2, -0.15) is 0 Å². The van der Waals surface area contributed by atoms with Crippen LogP contribution in [0.2, 0.25) is 0 Å². The second-order valence-electron chi connectivity index (χ2n) is 4.04. The van der Waals surface area contributed by atoms with Crippen molar-refractivity contribution >= 4 is 11.7 Å². The maximum atomic E-state index is 10.8. The summed E-state index contributed by atoms with van der Waals surface area (Å²) in [5.74, 6) is -1.23. The second-order valence-corrected chi connectivity index (χ2v) is 4.04. The predicted octanol–water partition coefficient (Wildman–Crippen LogP) is 3.40. The van der Waals surface area contributed by atoms with Crippen molar-refractivity contribution in [3.63, 3.8) is 0 Å².